The Morgan fingerprint density at radius 1 is 1.39 bits per heavy atom. The van der Waals surface area contributed by atoms with E-state index in [0.717, 1.165) is 23.8 Å². The Balaban J connectivity index is 2.23. The molecule has 0 unspecified atom stereocenters. The molecule has 2 aliphatic rings. The first-order chi connectivity index (χ1) is 8.60. The quantitative estimate of drug-likeness (QED) is 0.744. The fourth-order valence-electron chi connectivity index (χ4n) is 2.40. The van der Waals surface area contributed by atoms with Crippen molar-refractivity contribution in [3.05, 3.63) is 11.5 Å². The Hall–Kier alpha value is 0.0300. The summed E-state index contributed by atoms with van der Waals surface area (Å²) in [6, 6.07) is 0. The number of aryl methyl sites for hydroxylation is 1. The van der Waals surface area contributed by atoms with Gasteiger partial charge in [-0.25, -0.2) is 9.75 Å². The lowest BCUT2D eigenvalue weighted by molar-refractivity contribution is 0.745. The highest BCUT2D eigenvalue weighted by atomic mass is 32.9. The van der Waals surface area contributed by atoms with Crippen molar-refractivity contribution in [2.24, 2.45) is 4.76 Å². The second kappa shape index (κ2) is 4.54. The first-order valence-corrected chi connectivity index (χ1v) is 11.5. The third-order valence-electron chi connectivity index (χ3n) is 3.35. The van der Waals surface area contributed by atoms with Crippen LogP contribution < -0.4 is 4.67 Å². The average Bonchev–Trinajstić information content (AvgIpc) is 2.94. The van der Waals surface area contributed by atoms with Gasteiger partial charge in [0.05, 0.1) is 0 Å². The first kappa shape index (κ1) is 13.0. The number of rotatable bonds is 1. The first-order valence-electron chi connectivity index (χ1n) is 5.74. The van der Waals surface area contributed by atoms with Crippen LogP contribution in [0.1, 0.15) is 17.9 Å². The van der Waals surface area contributed by atoms with E-state index in [2.05, 4.69) is 15.5 Å². The van der Waals surface area contributed by atoms with Crippen LogP contribution in [0.5, 0.6) is 0 Å². The van der Waals surface area contributed by atoms with E-state index in [4.69, 9.17) is 21.6 Å². The molecule has 0 fully saturated rings. The van der Waals surface area contributed by atoms with Crippen LogP contribution in [-0.4, -0.2) is 34.2 Å². The summed E-state index contributed by atoms with van der Waals surface area (Å²) in [6.07, 6.45) is 6.39. The number of fused-ring (bicyclic) bond motifs is 3. The predicted molar refractivity (Wildman–Crippen MR) is 86.8 cm³/mol. The number of thioether (sulfide) groups is 1. The van der Waals surface area contributed by atoms with E-state index in [0.29, 0.717) is 0 Å². The molecular weight excluding hydrogens is 303 g/mol. The zero-order valence-electron chi connectivity index (χ0n) is 10.6. The van der Waals surface area contributed by atoms with Crippen molar-refractivity contribution >= 4 is 51.4 Å². The van der Waals surface area contributed by atoms with Gasteiger partial charge in [-0.2, -0.15) is 0 Å². The lowest BCUT2D eigenvalue weighted by Crippen LogP contribution is -2.20. The highest BCUT2D eigenvalue weighted by Crippen LogP contribution is 2.65. The Bertz CT molecular complexity index is 580. The summed E-state index contributed by atoms with van der Waals surface area (Å²) in [5, 5.41) is 1.07. The smallest absolute Gasteiger partial charge is 0.200 e. The molecule has 4 nitrogen and oxygen atoms in total. The summed E-state index contributed by atoms with van der Waals surface area (Å²) < 4.78 is 9.31. The molecule has 0 bridgehead atoms. The lowest BCUT2D eigenvalue weighted by atomic mass is 10.3. The van der Waals surface area contributed by atoms with Gasteiger partial charge < -0.3 is 9.24 Å². The molecule has 1 atom stereocenters. The van der Waals surface area contributed by atoms with Gasteiger partial charge in [-0.05, 0) is 30.7 Å². The predicted octanol–water partition coefficient (Wildman–Crippen LogP) is 2.98. The van der Waals surface area contributed by atoms with Crippen LogP contribution in [0.3, 0.4) is 0 Å². The fraction of sp³-hybridized carbons (Fsp3) is 0.600. The minimum atomic E-state index is -1.91. The van der Waals surface area contributed by atoms with Gasteiger partial charge in [0.1, 0.15) is 16.6 Å². The van der Waals surface area contributed by atoms with Gasteiger partial charge in [0.25, 0.3) is 0 Å². The normalized spacial score (nSPS) is 25.9. The highest BCUT2D eigenvalue weighted by Gasteiger charge is 2.36. The van der Waals surface area contributed by atoms with Crippen molar-refractivity contribution in [1.29, 1.82) is 0 Å². The molecule has 0 saturated heterocycles. The van der Waals surface area contributed by atoms with Crippen molar-refractivity contribution in [2.75, 3.05) is 24.2 Å². The molecule has 1 aromatic rings. The van der Waals surface area contributed by atoms with Crippen LogP contribution >= 0.6 is 28.7 Å². The fourth-order valence-corrected chi connectivity index (χ4v) is 6.88. The largest absolute Gasteiger partial charge is 0.324 e. The summed E-state index contributed by atoms with van der Waals surface area (Å²) in [4.78, 5) is 4.80. The van der Waals surface area contributed by atoms with Gasteiger partial charge in [-0.15, -0.1) is 11.8 Å². The van der Waals surface area contributed by atoms with E-state index in [9.17, 15) is 0 Å². The SMILES string of the molecule is CSC1=N[P@@](=S)(SC)N(C)c2nc3n(c21)CCC3. The van der Waals surface area contributed by atoms with Crippen molar-refractivity contribution in [2.45, 2.75) is 19.4 Å². The van der Waals surface area contributed by atoms with Crippen molar-refractivity contribution in [3.8, 4) is 0 Å². The molecule has 1 aromatic heterocycles. The summed E-state index contributed by atoms with van der Waals surface area (Å²) in [6.45, 7) is 1.06. The average molecular weight is 318 g/mol. The van der Waals surface area contributed by atoms with E-state index in [1.165, 1.54) is 17.9 Å². The van der Waals surface area contributed by atoms with Crippen molar-refractivity contribution in [3.63, 3.8) is 0 Å². The summed E-state index contributed by atoms with van der Waals surface area (Å²) in [7, 11) is 2.04. The summed E-state index contributed by atoms with van der Waals surface area (Å²) >= 11 is 9.12. The molecule has 2 aliphatic heterocycles. The molecule has 8 heteroatoms. The van der Waals surface area contributed by atoms with Gasteiger partial charge >= 0.3 is 0 Å². The Morgan fingerprint density at radius 3 is 2.83 bits per heavy atom. The van der Waals surface area contributed by atoms with E-state index in [1.807, 2.05) is 13.3 Å². The third kappa shape index (κ3) is 1.71. The molecule has 3 rings (SSSR count). The molecule has 0 saturated carbocycles. The maximum absolute atomic E-state index is 5.75. The van der Waals surface area contributed by atoms with Crippen LogP contribution in [0.4, 0.5) is 5.82 Å². The topological polar surface area (TPSA) is 33.4 Å². The van der Waals surface area contributed by atoms with E-state index < -0.39 is 5.54 Å². The van der Waals surface area contributed by atoms with E-state index >= 15 is 0 Å². The number of nitrogens with zero attached hydrogens (tertiary/aromatic N) is 4. The monoisotopic (exact) mass is 318 g/mol. The summed E-state index contributed by atoms with van der Waals surface area (Å²) in [5.41, 5.74) is -0.722. The van der Waals surface area contributed by atoms with Crippen LogP contribution in [0.25, 0.3) is 0 Å². The molecule has 0 aromatic carbocycles. The van der Waals surface area contributed by atoms with Crippen LogP contribution in [0, 0.1) is 0 Å². The van der Waals surface area contributed by atoms with Gasteiger partial charge in [-0.3, -0.25) is 0 Å². The molecule has 98 valence electrons. The standard InChI is InChI=1S/C10H15N4PS3/c1-13-9-8(14-6-4-5-7(14)11-9)10(17-2)12-15(13,16)18-3/h4-6H2,1-3H3/t15-/m1/s1. The number of anilines is 1. The third-order valence-corrected chi connectivity index (χ3v) is 10.8. The number of hydrogen-bond acceptors (Lipinski definition) is 4. The van der Waals surface area contributed by atoms with Gasteiger partial charge in [0.15, 0.2) is 11.4 Å². The molecular formula is C10H15N4PS3. The second-order valence-electron chi connectivity index (χ2n) is 4.26. The zero-order valence-corrected chi connectivity index (χ0v) is 13.9. The molecule has 0 N–H and O–H groups in total. The lowest BCUT2D eigenvalue weighted by Gasteiger charge is -2.32. The highest BCUT2D eigenvalue weighted by molar-refractivity contribution is 8.70. The van der Waals surface area contributed by atoms with Gasteiger partial charge in [-0.1, -0.05) is 11.4 Å². The second-order valence-corrected chi connectivity index (χ2v) is 12.0. The Labute approximate surface area is 120 Å². The number of hydrogen-bond donors (Lipinski definition) is 0. The van der Waals surface area contributed by atoms with Crippen LogP contribution in [0.2, 0.25) is 0 Å². The zero-order chi connectivity index (χ0) is 12.9. The Kier molecular flexibility index (Phi) is 3.29. The van der Waals surface area contributed by atoms with Crippen molar-refractivity contribution in [1.82, 2.24) is 9.55 Å². The number of aromatic nitrogens is 2. The molecule has 18 heavy (non-hydrogen) atoms. The maximum Gasteiger partial charge on any atom is 0.200 e. The van der Waals surface area contributed by atoms with E-state index in [-0.39, 0.29) is 0 Å². The molecule has 0 spiro atoms. The maximum atomic E-state index is 5.75. The minimum Gasteiger partial charge on any atom is -0.324 e. The molecule has 0 aliphatic carbocycles. The van der Waals surface area contributed by atoms with Gasteiger partial charge in [0.2, 0.25) is 0 Å². The number of imidazole rings is 1. The van der Waals surface area contributed by atoms with Crippen LogP contribution in [0.15, 0.2) is 4.76 Å². The summed E-state index contributed by atoms with van der Waals surface area (Å²) in [5.74, 6) is 2.24. The molecule has 0 amide bonds. The van der Waals surface area contributed by atoms with Gasteiger partial charge in [0, 0.05) is 20.0 Å². The minimum absolute atomic E-state index is 1.04. The molecule has 3 heterocycles. The van der Waals surface area contributed by atoms with Crippen LogP contribution in [-0.2, 0) is 24.8 Å². The van der Waals surface area contributed by atoms with Crippen molar-refractivity contribution < 1.29 is 0 Å². The molecule has 0 radical (unpaired) electrons. The van der Waals surface area contributed by atoms with E-state index in [1.54, 1.807) is 23.1 Å². The Morgan fingerprint density at radius 2 is 2.17 bits per heavy atom.